The van der Waals surface area contributed by atoms with Crippen LogP contribution in [0, 0.1) is 6.92 Å². The van der Waals surface area contributed by atoms with Crippen LogP contribution in [0.2, 0.25) is 0 Å². The minimum Gasteiger partial charge on any atom is -0.378 e. The summed E-state index contributed by atoms with van der Waals surface area (Å²) in [5.41, 5.74) is 3.61. The SMILES string of the molecule is C=CCn1c(CNc2ccc(C)cc2)nnc1SCc1ccccc1. The molecular formula is C20H22N4S. The minimum atomic E-state index is 0.635. The largest absolute Gasteiger partial charge is 0.378 e. The molecule has 0 fully saturated rings. The van der Waals surface area contributed by atoms with Crippen molar-refractivity contribution in [3.05, 3.63) is 84.2 Å². The van der Waals surface area contributed by atoms with Crippen LogP contribution in [0.1, 0.15) is 17.0 Å². The number of rotatable bonds is 8. The average Bonchev–Trinajstić information content (AvgIpc) is 3.03. The first-order valence-electron chi connectivity index (χ1n) is 8.26. The summed E-state index contributed by atoms with van der Waals surface area (Å²) in [4.78, 5) is 0. The van der Waals surface area contributed by atoms with Gasteiger partial charge in [0.1, 0.15) is 0 Å². The van der Waals surface area contributed by atoms with Gasteiger partial charge in [0.2, 0.25) is 0 Å². The molecule has 0 saturated heterocycles. The third-order valence-corrected chi connectivity index (χ3v) is 4.86. The van der Waals surface area contributed by atoms with Crippen LogP contribution in [0.5, 0.6) is 0 Å². The van der Waals surface area contributed by atoms with Gasteiger partial charge in [-0.3, -0.25) is 0 Å². The van der Waals surface area contributed by atoms with E-state index in [1.165, 1.54) is 11.1 Å². The number of allylic oxidation sites excluding steroid dienone is 1. The maximum absolute atomic E-state index is 4.36. The molecule has 0 aliphatic heterocycles. The molecule has 1 N–H and O–H groups in total. The molecule has 0 spiro atoms. The topological polar surface area (TPSA) is 42.7 Å². The molecule has 1 heterocycles. The van der Waals surface area contributed by atoms with Crippen molar-refractivity contribution in [1.29, 1.82) is 0 Å². The first-order chi connectivity index (χ1) is 12.3. The van der Waals surface area contributed by atoms with E-state index < -0.39 is 0 Å². The lowest BCUT2D eigenvalue weighted by Gasteiger charge is -2.09. The van der Waals surface area contributed by atoms with Gasteiger partial charge in [-0.2, -0.15) is 0 Å². The summed E-state index contributed by atoms with van der Waals surface area (Å²) in [6, 6.07) is 18.7. The van der Waals surface area contributed by atoms with Crippen molar-refractivity contribution in [1.82, 2.24) is 14.8 Å². The smallest absolute Gasteiger partial charge is 0.191 e. The molecule has 0 bridgehead atoms. The summed E-state index contributed by atoms with van der Waals surface area (Å²) in [5.74, 6) is 1.79. The fourth-order valence-electron chi connectivity index (χ4n) is 2.44. The zero-order chi connectivity index (χ0) is 17.5. The number of aromatic nitrogens is 3. The Hall–Kier alpha value is -2.53. The molecule has 4 nitrogen and oxygen atoms in total. The van der Waals surface area contributed by atoms with Crippen molar-refractivity contribution in [3.63, 3.8) is 0 Å². The van der Waals surface area contributed by atoms with Crippen LogP contribution in [0.3, 0.4) is 0 Å². The van der Waals surface area contributed by atoms with E-state index in [2.05, 4.69) is 82.1 Å². The Kier molecular flexibility index (Phi) is 5.90. The van der Waals surface area contributed by atoms with E-state index in [-0.39, 0.29) is 0 Å². The van der Waals surface area contributed by atoms with Gasteiger partial charge in [-0.1, -0.05) is 65.9 Å². The molecule has 5 heteroatoms. The number of benzene rings is 2. The van der Waals surface area contributed by atoms with Crippen LogP contribution in [-0.4, -0.2) is 14.8 Å². The van der Waals surface area contributed by atoms with Gasteiger partial charge in [-0.15, -0.1) is 16.8 Å². The van der Waals surface area contributed by atoms with E-state index in [1.807, 2.05) is 12.1 Å². The Balaban J connectivity index is 1.68. The molecular weight excluding hydrogens is 328 g/mol. The number of thioether (sulfide) groups is 1. The molecule has 0 atom stereocenters. The summed E-state index contributed by atoms with van der Waals surface area (Å²) in [6.45, 7) is 7.28. The quantitative estimate of drug-likeness (QED) is 0.473. The van der Waals surface area contributed by atoms with Crippen LogP contribution in [0.25, 0.3) is 0 Å². The van der Waals surface area contributed by atoms with Crippen LogP contribution >= 0.6 is 11.8 Å². The summed E-state index contributed by atoms with van der Waals surface area (Å²) in [7, 11) is 0. The maximum Gasteiger partial charge on any atom is 0.191 e. The number of nitrogens with zero attached hydrogens (tertiary/aromatic N) is 3. The highest BCUT2D eigenvalue weighted by atomic mass is 32.2. The molecule has 0 amide bonds. The second kappa shape index (κ2) is 8.53. The van der Waals surface area contributed by atoms with Crippen molar-refractivity contribution in [2.45, 2.75) is 30.9 Å². The van der Waals surface area contributed by atoms with Crippen molar-refractivity contribution >= 4 is 17.4 Å². The zero-order valence-corrected chi connectivity index (χ0v) is 15.2. The highest BCUT2D eigenvalue weighted by molar-refractivity contribution is 7.98. The normalized spacial score (nSPS) is 10.6. The Morgan fingerprint density at radius 2 is 1.84 bits per heavy atom. The zero-order valence-electron chi connectivity index (χ0n) is 14.4. The number of hydrogen-bond acceptors (Lipinski definition) is 4. The Morgan fingerprint density at radius 3 is 2.56 bits per heavy atom. The molecule has 0 aliphatic rings. The molecule has 25 heavy (non-hydrogen) atoms. The fraction of sp³-hybridized carbons (Fsp3) is 0.200. The molecule has 1 aromatic heterocycles. The van der Waals surface area contributed by atoms with E-state index in [9.17, 15) is 0 Å². The van der Waals surface area contributed by atoms with Crippen LogP contribution in [-0.2, 0) is 18.8 Å². The summed E-state index contributed by atoms with van der Waals surface area (Å²) < 4.78 is 2.11. The van der Waals surface area contributed by atoms with Crippen molar-refractivity contribution in [2.75, 3.05) is 5.32 Å². The van der Waals surface area contributed by atoms with Crippen molar-refractivity contribution in [2.24, 2.45) is 0 Å². The molecule has 3 rings (SSSR count). The Bertz CT molecular complexity index is 809. The van der Waals surface area contributed by atoms with Crippen molar-refractivity contribution in [3.8, 4) is 0 Å². The third kappa shape index (κ3) is 4.73. The molecule has 128 valence electrons. The Labute approximate surface area is 153 Å². The standard InChI is InChI=1S/C20H22N4S/c1-3-13-24-19(14-21-18-11-9-16(2)10-12-18)22-23-20(24)25-15-17-7-5-4-6-8-17/h3-12,21H,1,13-15H2,2H3. The second-order valence-corrected chi connectivity index (χ2v) is 6.73. The molecule has 2 aromatic carbocycles. The molecule has 3 aromatic rings. The van der Waals surface area contributed by atoms with Gasteiger partial charge in [0.15, 0.2) is 11.0 Å². The van der Waals surface area contributed by atoms with Crippen LogP contribution in [0.15, 0.2) is 72.4 Å². The summed E-state index contributed by atoms with van der Waals surface area (Å²) >= 11 is 1.70. The summed E-state index contributed by atoms with van der Waals surface area (Å²) in [5, 5.41) is 13.1. The average molecular weight is 350 g/mol. The van der Waals surface area contributed by atoms with Gasteiger partial charge in [0.05, 0.1) is 6.54 Å². The van der Waals surface area contributed by atoms with E-state index in [4.69, 9.17) is 0 Å². The van der Waals surface area contributed by atoms with Crippen molar-refractivity contribution < 1.29 is 0 Å². The minimum absolute atomic E-state index is 0.635. The van der Waals surface area contributed by atoms with E-state index in [1.54, 1.807) is 11.8 Å². The summed E-state index contributed by atoms with van der Waals surface area (Å²) in [6.07, 6.45) is 1.88. The first kappa shape index (κ1) is 17.3. The number of hydrogen-bond donors (Lipinski definition) is 1. The number of anilines is 1. The van der Waals surface area contributed by atoms with E-state index in [0.717, 1.165) is 22.4 Å². The predicted octanol–water partition coefficient (Wildman–Crippen LogP) is 4.68. The third-order valence-electron chi connectivity index (χ3n) is 3.82. The lowest BCUT2D eigenvalue weighted by atomic mass is 10.2. The number of nitrogens with one attached hydrogen (secondary N) is 1. The number of aryl methyl sites for hydroxylation is 1. The fourth-order valence-corrected chi connectivity index (χ4v) is 3.37. The van der Waals surface area contributed by atoms with E-state index >= 15 is 0 Å². The Morgan fingerprint density at radius 1 is 1.08 bits per heavy atom. The van der Waals surface area contributed by atoms with Gasteiger partial charge in [0.25, 0.3) is 0 Å². The second-order valence-electron chi connectivity index (χ2n) is 5.79. The molecule has 0 saturated carbocycles. The van der Waals surface area contributed by atoms with Gasteiger partial charge in [-0.25, -0.2) is 0 Å². The van der Waals surface area contributed by atoms with Gasteiger partial charge >= 0.3 is 0 Å². The lowest BCUT2D eigenvalue weighted by molar-refractivity contribution is 0.687. The predicted molar refractivity (Wildman–Crippen MR) is 105 cm³/mol. The van der Waals surface area contributed by atoms with Crippen LogP contribution < -0.4 is 5.32 Å². The van der Waals surface area contributed by atoms with Crippen LogP contribution in [0.4, 0.5) is 5.69 Å². The van der Waals surface area contributed by atoms with Gasteiger partial charge in [0, 0.05) is 18.0 Å². The molecule has 0 unspecified atom stereocenters. The van der Waals surface area contributed by atoms with E-state index in [0.29, 0.717) is 13.1 Å². The lowest BCUT2D eigenvalue weighted by Crippen LogP contribution is -2.09. The maximum atomic E-state index is 4.36. The first-order valence-corrected chi connectivity index (χ1v) is 9.25. The highest BCUT2D eigenvalue weighted by Crippen LogP contribution is 2.22. The highest BCUT2D eigenvalue weighted by Gasteiger charge is 2.11. The monoisotopic (exact) mass is 350 g/mol. The molecule has 0 radical (unpaired) electrons. The molecule has 0 aliphatic carbocycles. The van der Waals surface area contributed by atoms with Gasteiger partial charge < -0.3 is 9.88 Å². The van der Waals surface area contributed by atoms with Gasteiger partial charge in [-0.05, 0) is 24.6 Å².